The van der Waals surface area contributed by atoms with Crippen molar-refractivity contribution < 1.29 is 0 Å². The lowest BCUT2D eigenvalue weighted by Gasteiger charge is -2.28. The van der Waals surface area contributed by atoms with Gasteiger partial charge in [-0.05, 0) is 24.7 Å². The molecule has 1 saturated carbocycles. The summed E-state index contributed by atoms with van der Waals surface area (Å²) in [7, 11) is 0. The number of likely N-dealkylation sites (tertiary alicyclic amines) is 1. The summed E-state index contributed by atoms with van der Waals surface area (Å²) >= 11 is 0. The van der Waals surface area contributed by atoms with Crippen LogP contribution in [0.2, 0.25) is 0 Å². The minimum Gasteiger partial charge on any atom is -0.352 e. The minimum absolute atomic E-state index is 0.0781. The highest BCUT2D eigenvalue weighted by Gasteiger charge is 2.36. The molecule has 0 amide bonds. The Balaban J connectivity index is 1.98. The molecule has 17 heavy (non-hydrogen) atoms. The zero-order chi connectivity index (χ0) is 12.3. The second-order valence-electron chi connectivity index (χ2n) is 5.58. The Morgan fingerprint density at radius 1 is 1.29 bits per heavy atom. The standard InChI is InChI=1S/C14H25N3/c1-3-11(2)17-10-13(9-14(17)16-15)12-7-5-4-6-8-12/h12-15H,2-10H2,1H3. The molecule has 0 aromatic rings. The number of allylic oxidation sites excluding steroid dienone is 1. The van der Waals surface area contributed by atoms with Crippen molar-refractivity contribution in [3.05, 3.63) is 12.3 Å². The van der Waals surface area contributed by atoms with E-state index in [1.165, 1.54) is 32.1 Å². The fraction of sp³-hybridized carbons (Fsp3) is 0.857. The SMILES string of the molecule is C=C(CC)N1CC(C2CCCCC2)CC1N=N. The van der Waals surface area contributed by atoms with Gasteiger partial charge in [-0.15, -0.1) is 0 Å². The quantitative estimate of drug-likeness (QED) is 0.730. The maximum absolute atomic E-state index is 7.34. The van der Waals surface area contributed by atoms with Crippen molar-refractivity contribution in [2.45, 2.75) is 58.0 Å². The van der Waals surface area contributed by atoms with Crippen LogP contribution in [0.1, 0.15) is 51.9 Å². The van der Waals surface area contributed by atoms with Crippen molar-refractivity contribution in [1.29, 1.82) is 5.53 Å². The third-order valence-electron chi connectivity index (χ3n) is 4.58. The summed E-state index contributed by atoms with van der Waals surface area (Å²) < 4.78 is 0. The molecular weight excluding hydrogens is 210 g/mol. The van der Waals surface area contributed by atoms with Crippen molar-refractivity contribution >= 4 is 0 Å². The summed E-state index contributed by atoms with van der Waals surface area (Å²) in [6, 6.07) is 0. The maximum atomic E-state index is 7.34. The Kier molecular flexibility index (Phi) is 4.19. The summed E-state index contributed by atoms with van der Waals surface area (Å²) in [6.45, 7) is 7.34. The smallest absolute Gasteiger partial charge is 0.142 e. The van der Waals surface area contributed by atoms with Crippen LogP contribution in [-0.4, -0.2) is 17.6 Å². The van der Waals surface area contributed by atoms with E-state index in [4.69, 9.17) is 5.53 Å². The van der Waals surface area contributed by atoms with Gasteiger partial charge in [0.2, 0.25) is 0 Å². The van der Waals surface area contributed by atoms with Gasteiger partial charge in [-0.2, -0.15) is 5.11 Å². The van der Waals surface area contributed by atoms with Gasteiger partial charge < -0.3 is 4.90 Å². The first-order valence-corrected chi connectivity index (χ1v) is 7.07. The molecule has 1 aliphatic carbocycles. The van der Waals surface area contributed by atoms with Crippen LogP contribution in [0.3, 0.4) is 0 Å². The Morgan fingerprint density at radius 3 is 2.59 bits per heavy atom. The summed E-state index contributed by atoms with van der Waals surface area (Å²) in [5, 5.41) is 3.80. The van der Waals surface area contributed by atoms with Crippen LogP contribution in [0.5, 0.6) is 0 Å². The van der Waals surface area contributed by atoms with E-state index in [9.17, 15) is 0 Å². The highest BCUT2D eigenvalue weighted by Crippen LogP contribution is 2.39. The fourth-order valence-electron chi connectivity index (χ4n) is 3.46. The van der Waals surface area contributed by atoms with Crippen LogP contribution in [0.4, 0.5) is 0 Å². The molecule has 0 radical (unpaired) electrons. The third-order valence-corrected chi connectivity index (χ3v) is 4.58. The lowest BCUT2D eigenvalue weighted by molar-refractivity contribution is 0.247. The van der Waals surface area contributed by atoms with Crippen LogP contribution >= 0.6 is 0 Å². The molecule has 1 saturated heterocycles. The van der Waals surface area contributed by atoms with Crippen molar-refractivity contribution in [2.24, 2.45) is 17.0 Å². The van der Waals surface area contributed by atoms with E-state index in [0.717, 1.165) is 36.9 Å². The number of nitrogens with zero attached hydrogens (tertiary/aromatic N) is 2. The molecule has 3 heteroatoms. The first-order valence-electron chi connectivity index (χ1n) is 7.07. The molecule has 2 fully saturated rings. The average molecular weight is 235 g/mol. The molecule has 2 unspecified atom stereocenters. The van der Waals surface area contributed by atoms with E-state index in [-0.39, 0.29) is 6.17 Å². The van der Waals surface area contributed by atoms with E-state index < -0.39 is 0 Å². The highest BCUT2D eigenvalue weighted by atomic mass is 15.3. The van der Waals surface area contributed by atoms with Crippen molar-refractivity contribution in [3.8, 4) is 0 Å². The molecule has 3 nitrogen and oxygen atoms in total. The van der Waals surface area contributed by atoms with Gasteiger partial charge in [-0.25, -0.2) is 5.53 Å². The van der Waals surface area contributed by atoms with E-state index in [0.29, 0.717) is 0 Å². The first-order chi connectivity index (χ1) is 8.26. The molecular formula is C14H25N3. The molecule has 96 valence electrons. The van der Waals surface area contributed by atoms with E-state index >= 15 is 0 Å². The lowest BCUT2D eigenvalue weighted by atomic mass is 9.79. The molecule has 2 aliphatic rings. The largest absolute Gasteiger partial charge is 0.352 e. The van der Waals surface area contributed by atoms with Gasteiger partial charge in [0.25, 0.3) is 0 Å². The second kappa shape index (κ2) is 5.65. The van der Waals surface area contributed by atoms with Crippen LogP contribution in [-0.2, 0) is 0 Å². The second-order valence-corrected chi connectivity index (χ2v) is 5.58. The summed E-state index contributed by atoms with van der Waals surface area (Å²) in [4.78, 5) is 2.27. The molecule has 1 heterocycles. The summed E-state index contributed by atoms with van der Waals surface area (Å²) in [5.41, 5.74) is 8.50. The highest BCUT2D eigenvalue weighted by molar-refractivity contribution is 5.01. The number of rotatable bonds is 4. The maximum Gasteiger partial charge on any atom is 0.142 e. The van der Waals surface area contributed by atoms with Crippen LogP contribution in [0.25, 0.3) is 0 Å². The Hall–Kier alpha value is -0.860. The molecule has 2 rings (SSSR count). The summed E-state index contributed by atoms with van der Waals surface area (Å²) in [5.74, 6) is 1.63. The van der Waals surface area contributed by atoms with Crippen molar-refractivity contribution in [2.75, 3.05) is 6.54 Å². The van der Waals surface area contributed by atoms with Crippen molar-refractivity contribution in [3.63, 3.8) is 0 Å². The van der Waals surface area contributed by atoms with Gasteiger partial charge in [-0.1, -0.05) is 45.6 Å². The molecule has 2 atom stereocenters. The van der Waals surface area contributed by atoms with Crippen molar-refractivity contribution in [1.82, 2.24) is 4.90 Å². The topological polar surface area (TPSA) is 39.5 Å². The Morgan fingerprint density at radius 2 is 2.00 bits per heavy atom. The third kappa shape index (κ3) is 2.70. The predicted molar refractivity (Wildman–Crippen MR) is 69.8 cm³/mol. The van der Waals surface area contributed by atoms with Gasteiger partial charge in [0, 0.05) is 12.2 Å². The Labute approximate surface area is 105 Å². The zero-order valence-electron chi connectivity index (χ0n) is 11.0. The van der Waals surface area contributed by atoms with Gasteiger partial charge in [0.15, 0.2) is 0 Å². The monoisotopic (exact) mass is 235 g/mol. The minimum atomic E-state index is 0.0781. The molecule has 1 N–H and O–H groups in total. The zero-order valence-corrected chi connectivity index (χ0v) is 11.0. The summed E-state index contributed by atoms with van der Waals surface area (Å²) in [6.07, 6.45) is 9.13. The van der Waals surface area contributed by atoms with Gasteiger partial charge >= 0.3 is 0 Å². The van der Waals surface area contributed by atoms with E-state index in [1.807, 2.05) is 0 Å². The normalized spacial score (nSPS) is 30.5. The average Bonchev–Trinajstić information content (AvgIpc) is 2.83. The first kappa shape index (κ1) is 12.6. The molecule has 1 aliphatic heterocycles. The molecule has 0 aromatic carbocycles. The van der Waals surface area contributed by atoms with Gasteiger partial charge in [0.1, 0.15) is 6.17 Å². The molecule has 0 bridgehead atoms. The number of nitrogens with one attached hydrogen (secondary N) is 1. The van der Waals surface area contributed by atoms with Crippen LogP contribution < -0.4 is 0 Å². The Bertz CT molecular complexity index is 281. The van der Waals surface area contributed by atoms with Gasteiger partial charge in [0.05, 0.1) is 0 Å². The lowest BCUT2D eigenvalue weighted by Crippen LogP contribution is -2.27. The van der Waals surface area contributed by atoms with E-state index in [1.54, 1.807) is 0 Å². The number of hydrogen-bond donors (Lipinski definition) is 1. The predicted octanol–water partition coefficient (Wildman–Crippen LogP) is 4.17. The number of hydrogen-bond acceptors (Lipinski definition) is 3. The van der Waals surface area contributed by atoms with Gasteiger partial charge in [-0.3, -0.25) is 0 Å². The molecule has 0 aromatic heterocycles. The fourth-order valence-corrected chi connectivity index (χ4v) is 3.46. The van der Waals surface area contributed by atoms with Crippen LogP contribution in [0, 0.1) is 17.4 Å². The van der Waals surface area contributed by atoms with Crippen LogP contribution in [0.15, 0.2) is 17.4 Å². The van der Waals surface area contributed by atoms with E-state index in [2.05, 4.69) is 23.5 Å². The molecule has 0 spiro atoms.